The van der Waals surface area contributed by atoms with Gasteiger partial charge in [-0.2, -0.15) is 0 Å². The summed E-state index contributed by atoms with van der Waals surface area (Å²) >= 11 is 0. The molecule has 21 heavy (non-hydrogen) atoms. The van der Waals surface area contributed by atoms with E-state index in [4.69, 9.17) is 5.11 Å². The van der Waals surface area contributed by atoms with Crippen LogP contribution in [-0.2, 0) is 16.2 Å². The summed E-state index contributed by atoms with van der Waals surface area (Å²) in [6.45, 7) is 1.80. The van der Waals surface area contributed by atoms with E-state index in [2.05, 4.69) is 6.92 Å². The SMILES string of the molecule is CCCCCC(=O)CC(=O)/C=C/c1ccc(O)c(CO)c1. The largest absolute Gasteiger partial charge is 0.508 e. The standard InChI is InChI=1S/C17H22O4/c1-2-3-4-5-15(19)11-16(20)8-6-13-7-9-17(21)14(10-13)12-18/h6-10,18,21H,2-5,11-12H2,1H3/b8-6+. The van der Waals surface area contributed by atoms with Gasteiger partial charge in [0.05, 0.1) is 13.0 Å². The average molecular weight is 290 g/mol. The number of benzene rings is 1. The van der Waals surface area contributed by atoms with Gasteiger partial charge in [-0.1, -0.05) is 31.9 Å². The number of carbonyl (C=O) groups is 2. The molecule has 4 heteroatoms. The van der Waals surface area contributed by atoms with E-state index in [0.717, 1.165) is 19.3 Å². The van der Waals surface area contributed by atoms with E-state index in [1.165, 1.54) is 12.1 Å². The third-order valence-corrected chi connectivity index (χ3v) is 3.17. The third kappa shape index (κ3) is 6.36. The molecule has 2 N–H and O–H groups in total. The van der Waals surface area contributed by atoms with Crippen LogP contribution in [0.4, 0.5) is 0 Å². The lowest BCUT2D eigenvalue weighted by Crippen LogP contribution is -2.05. The number of carbonyl (C=O) groups excluding carboxylic acids is 2. The number of aliphatic hydroxyl groups is 1. The second kappa shape index (κ2) is 9.08. The van der Waals surface area contributed by atoms with Gasteiger partial charge < -0.3 is 10.2 Å². The molecule has 4 nitrogen and oxygen atoms in total. The first-order valence-corrected chi connectivity index (χ1v) is 7.22. The Hall–Kier alpha value is -1.94. The minimum absolute atomic E-state index is 0.0204. The Bertz CT molecular complexity index is 518. The van der Waals surface area contributed by atoms with E-state index in [9.17, 15) is 14.7 Å². The summed E-state index contributed by atoms with van der Waals surface area (Å²) in [5.41, 5.74) is 1.10. The van der Waals surface area contributed by atoms with Crippen molar-refractivity contribution in [2.24, 2.45) is 0 Å². The van der Waals surface area contributed by atoms with Crippen molar-refractivity contribution in [3.8, 4) is 5.75 Å². The van der Waals surface area contributed by atoms with Crippen LogP contribution in [0.3, 0.4) is 0 Å². The van der Waals surface area contributed by atoms with Crippen molar-refractivity contribution in [2.45, 2.75) is 45.6 Å². The summed E-state index contributed by atoms with van der Waals surface area (Å²) in [7, 11) is 0. The number of hydrogen-bond acceptors (Lipinski definition) is 4. The zero-order chi connectivity index (χ0) is 15.7. The molecule has 0 radical (unpaired) electrons. The van der Waals surface area contributed by atoms with Gasteiger partial charge in [0.2, 0.25) is 0 Å². The molecule has 0 spiro atoms. The number of aliphatic hydroxyl groups excluding tert-OH is 1. The molecule has 0 aliphatic heterocycles. The number of Topliss-reactive ketones (excluding diaryl/α,β-unsaturated/α-hetero) is 1. The fourth-order valence-corrected chi connectivity index (χ4v) is 1.94. The van der Waals surface area contributed by atoms with E-state index in [-0.39, 0.29) is 30.3 Å². The number of unbranched alkanes of at least 4 members (excludes halogenated alkanes) is 2. The molecule has 114 valence electrons. The maximum atomic E-state index is 11.7. The van der Waals surface area contributed by atoms with Gasteiger partial charge >= 0.3 is 0 Å². The quantitative estimate of drug-likeness (QED) is 0.416. The summed E-state index contributed by atoms with van der Waals surface area (Å²) in [6, 6.07) is 4.70. The molecular formula is C17H22O4. The molecule has 0 unspecified atom stereocenters. The molecule has 0 bridgehead atoms. The van der Waals surface area contributed by atoms with Gasteiger partial charge in [0.15, 0.2) is 5.78 Å². The van der Waals surface area contributed by atoms with Crippen LogP contribution in [0.2, 0.25) is 0 Å². The number of phenols is 1. The molecule has 0 aliphatic carbocycles. The zero-order valence-electron chi connectivity index (χ0n) is 12.3. The van der Waals surface area contributed by atoms with Crippen LogP contribution in [0, 0.1) is 0 Å². The number of rotatable bonds is 9. The normalized spacial score (nSPS) is 11.0. The maximum absolute atomic E-state index is 11.7. The van der Waals surface area contributed by atoms with Crippen molar-refractivity contribution in [1.82, 2.24) is 0 Å². The second-order valence-corrected chi connectivity index (χ2v) is 5.02. The Balaban J connectivity index is 2.52. The Morgan fingerprint density at radius 2 is 2.00 bits per heavy atom. The van der Waals surface area contributed by atoms with E-state index >= 15 is 0 Å². The van der Waals surface area contributed by atoms with Crippen LogP contribution in [0.15, 0.2) is 24.3 Å². The minimum Gasteiger partial charge on any atom is -0.508 e. The number of ketones is 2. The molecule has 1 rings (SSSR count). The lowest BCUT2D eigenvalue weighted by Gasteiger charge is -2.02. The van der Waals surface area contributed by atoms with Crippen LogP contribution in [0.5, 0.6) is 5.75 Å². The van der Waals surface area contributed by atoms with Gasteiger partial charge in [-0.15, -0.1) is 0 Å². The van der Waals surface area contributed by atoms with Gasteiger partial charge in [0, 0.05) is 12.0 Å². The fraction of sp³-hybridized carbons (Fsp3) is 0.412. The summed E-state index contributed by atoms with van der Waals surface area (Å²) in [6.07, 6.45) is 6.24. The highest BCUT2D eigenvalue weighted by molar-refractivity contribution is 6.06. The van der Waals surface area contributed by atoms with Crippen LogP contribution in [0.1, 0.15) is 50.2 Å². The summed E-state index contributed by atoms with van der Waals surface area (Å²) < 4.78 is 0. The van der Waals surface area contributed by atoms with Crippen molar-refractivity contribution in [1.29, 1.82) is 0 Å². The van der Waals surface area contributed by atoms with Gasteiger partial charge in [-0.25, -0.2) is 0 Å². The second-order valence-electron chi connectivity index (χ2n) is 5.02. The van der Waals surface area contributed by atoms with E-state index in [1.807, 2.05) is 0 Å². The highest BCUT2D eigenvalue weighted by Crippen LogP contribution is 2.19. The highest BCUT2D eigenvalue weighted by Gasteiger charge is 2.06. The third-order valence-electron chi connectivity index (χ3n) is 3.17. The molecule has 1 aromatic carbocycles. The van der Waals surface area contributed by atoms with Crippen molar-refractivity contribution in [3.63, 3.8) is 0 Å². The van der Waals surface area contributed by atoms with Gasteiger partial charge in [0.25, 0.3) is 0 Å². The Morgan fingerprint density at radius 3 is 2.67 bits per heavy atom. The summed E-state index contributed by atoms with van der Waals surface area (Å²) in [4.78, 5) is 23.2. The Morgan fingerprint density at radius 1 is 1.24 bits per heavy atom. The van der Waals surface area contributed by atoms with Crippen molar-refractivity contribution in [3.05, 3.63) is 35.4 Å². The van der Waals surface area contributed by atoms with Gasteiger partial charge in [-0.3, -0.25) is 9.59 Å². The van der Waals surface area contributed by atoms with Crippen LogP contribution >= 0.6 is 0 Å². The summed E-state index contributed by atoms with van der Waals surface area (Å²) in [5, 5.41) is 18.5. The molecule has 1 aromatic rings. The lowest BCUT2D eigenvalue weighted by molar-refractivity contribution is -0.124. The van der Waals surface area contributed by atoms with Crippen molar-refractivity contribution >= 4 is 17.6 Å². The molecule has 0 saturated heterocycles. The smallest absolute Gasteiger partial charge is 0.163 e. The van der Waals surface area contributed by atoms with Crippen molar-refractivity contribution < 1.29 is 19.8 Å². The zero-order valence-corrected chi connectivity index (χ0v) is 12.3. The Labute approximate surface area is 125 Å². The first-order chi connectivity index (χ1) is 10.1. The van der Waals surface area contributed by atoms with Crippen LogP contribution in [0.25, 0.3) is 6.08 Å². The average Bonchev–Trinajstić information content (AvgIpc) is 2.46. The van der Waals surface area contributed by atoms with E-state index < -0.39 is 0 Å². The van der Waals surface area contributed by atoms with Gasteiger partial charge in [-0.05, 0) is 30.2 Å². The molecular weight excluding hydrogens is 268 g/mol. The molecule has 0 fully saturated rings. The lowest BCUT2D eigenvalue weighted by atomic mass is 10.1. The number of hydrogen-bond donors (Lipinski definition) is 2. The Kier molecular flexibility index (Phi) is 7.40. The molecule has 0 atom stereocenters. The topological polar surface area (TPSA) is 74.6 Å². The van der Waals surface area contributed by atoms with E-state index in [0.29, 0.717) is 17.5 Å². The predicted molar refractivity (Wildman–Crippen MR) is 81.8 cm³/mol. The van der Waals surface area contributed by atoms with E-state index in [1.54, 1.807) is 18.2 Å². The number of allylic oxidation sites excluding steroid dienone is 1. The molecule has 0 heterocycles. The number of aromatic hydroxyl groups is 1. The van der Waals surface area contributed by atoms with Crippen LogP contribution < -0.4 is 0 Å². The molecule has 0 aromatic heterocycles. The highest BCUT2D eigenvalue weighted by atomic mass is 16.3. The first kappa shape index (κ1) is 17.1. The van der Waals surface area contributed by atoms with Gasteiger partial charge in [0.1, 0.15) is 11.5 Å². The molecule has 0 aliphatic rings. The minimum atomic E-state index is -0.266. The predicted octanol–water partition coefficient (Wildman–Crippen LogP) is 3.01. The van der Waals surface area contributed by atoms with Crippen molar-refractivity contribution in [2.75, 3.05) is 0 Å². The summed E-state index contributed by atoms with van der Waals surface area (Å²) in [5.74, 6) is -0.234. The maximum Gasteiger partial charge on any atom is 0.163 e. The first-order valence-electron chi connectivity index (χ1n) is 7.22. The molecule has 0 amide bonds. The fourth-order valence-electron chi connectivity index (χ4n) is 1.94. The molecule has 0 saturated carbocycles. The van der Waals surface area contributed by atoms with Crippen LogP contribution in [-0.4, -0.2) is 21.8 Å². The monoisotopic (exact) mass is 290 g/mol.